The van der Waals surface area contributed by atoms with Crippen LogP contribution in [-0.2, 0) is 9.53 Å². The van der Waals surface area contributed by atoms with Crippen molar-refractivity contribution in [2.75, 3.05) is 45.9 Å². The van der Waals surface area contributed by atoms with Crippen LogP contribution >= 0.6 is 0 Å². The molecule has 1 heterocycles. The number of amides is 1. The third-order valence-electron chi connectivity index (χ3n) is 3.29. The fourth-order valence-electron chi connectivity index (χ4n) is 1.94. The Morgan fingerprint density at radius 2 is 2.10 bits per heavy atom. The minimum Gasteiger partial charge on any atom is -0.390 e. The molecule has 1 aliphatic rings. The van der Waals surface area contributed by atoms with Gasteiger partial charge in [0.15, 0.2) is 0 Å². The molecule has 2 N–H and O–H groups in total. The van der Waals surface area contributed by atoms with E-state index in [1.54, 1.807) is 0 Å². The third-order valence-corrected chi connectivity index (χ3v) is 3.29. The standard InChI is InChI=1S/C15H26N4O2/c1-13(2)3-4-17-12-14(11-16)15(20)18-5-6-19-7-9-21-10-8-19/h12-13,17H,3-10H2,1-2H3,(H,18,20)/b14-12-. The van der Waals surface area contributed by atoms with Gasteiger partial charge in [-0.2, -0.15) is 5.26 Å². The number of nitriles is 1. The number of carbonyl (C=O) groups is 1. The van der Waals surface area contributed by atoms with E-state index in [0.717, 1.165) is 45.8 Å². The summed E-state index contributed by atoms with van der Waals surface area (Å²) in [5, 5.41) is 14.8. The van der Waals surface area contributed by atoms with Crippen molar-refractivity contribution in [2.24, 2.45) is 5.92 Å². The summed E-state index contributed by atoms with van der Waals surface area (Å²) in [6.07, 6.45) is 2.51. The molecule has 1 saturated heterocycles. The summed E-state index contributed by atoms with van der Waals surface area (Å²) in [7, 11) is 0. The van der Waals surface area contributed by atoms with E-state index in [1.165, 1.54) is 6.20 Å². The number of nitrogens with zero attached hydrogens (tertiary/aromatic N) is 2. The zero-order valence-electron chi connectivity index (χ0n) is 13.0. The van der Waals surface area contributed by atoms with Crippen molar-refractivity contribution >= 4 is 5.91 Å². The van der Waals surface area contributed by atoms with Crippen LogP contribution in [0.25, 0.3) is 0 Å². The summed E-state index contributed by atoms with van der Waals surface area (Å²) in [5.74, 6) is 0.279. The van der Waals surface area contributed by atoms with Gasteiger partial charge in [-0.3, -0.25) is 9.69 Å². The Bertz CT molecular complexity index is 382. The molecule has 1 rings (SSSR count). The van der Waals surface area contributed by atoms with Gasteiger partial charge in [0.1, 0.15) is 11.6 Å². The van der Waals surface area contributed by atoms with Crippen LogP contribution in [0.5, 0.6) is 0 Å². The van der Waals surface area contributed by atoms with Crippen LogP contribution in [0, 0.1) is 17.2 Å². The predicted octanol–water partition coefficient (Wildman–Crippen LogP) is 0.478. The summed E-state index contributed by atoms with van der Waals surface area (Å²) in [4.78, 5) is 14.1. The third kappa shape index (κ3) is 7.69. The number of nitrogens with one attached hydrogen (secondary N) is 2. The van der Waals surface area contributed by atoms with Gasteiger partial charge in [0.05, 0.1) is 13.2 Å². The first-order chi connectivity index (χ1) is 10.1. The van der Waals surface area contributed by atoms with Crippen molar-refractivity contribution in [3.05, 3.63) is 11.8 Å². The second kappa shape index (κ2) is 10.2. The number of morpholine rings is 1. The summed E-state index contributed by atoms with van der Waals surface area (Å²) in [6, 6.07) is 1.93. The fraction of sp³-hybridized carbons (Fsp3) is 0.733. The molecule has 0 atom stereocenters. The van der Waals surface area contributed by atoms with Crippen LogP contribution < -0.4 is 10.6 Å². The zero-order chi connectivity index (χ0) is 15.5. The minimum absolute atomic E-state index is 0.126. The molecule has 1 fully saturated rings. The van der Waals surface area contributed by atoms with Crippen LogP contribution in [-0.4, -0.2) is 56.7 Å². The van der Waals surface area contributed by atoms with E-state index in [1.807, 2.05) is 6.07 Å². The zero-order valence-corrected chi connectivity index (χ0v) is 13.0. The molecule has 0 unspecified atom stereocenters. The van der Waals surface area contributed by atoms with E-state index in [2.05, 4.69) is 29.4 Å². The number of rotatable bonds is 8. The Kier molecular flexibility index (Phi) is 8.48. The Balaban J connectivity index is 2.24. The lowest BCUT2D eigenvalue weighted by Gasteiger charge is -2.26. The van der Waals surface area contributed by atoms with E-state index in [4.69, 9.17) is 10.00 Å². The highest BCUT2D eigenvalue weighted by molar-refractivity contribution is 5.97. The average Bonchev–Trinajstić information content (AvgIpc) is 2.48. The lowest BCUT2D eigenvalue weighted by atomic mass is 10.1. The number of hydrogen-bond donors (Lipinski definition) is 2. The van der Waals surface area contributed by atoms with E-state index < -0.39 is 0 Å². The maximum atomic E-state index is 11.9. The van der Waals surface area contributed by atoms with Crippen molar-refractivity contribution in [1.29, 1.82) is 5.26 Å². The first-order valence-corrected chi connectivity index (χ1v) is 7.55. The van der Waals surface area contributed by atoms with Crippen molar-refractivity contribution in [3.63, 3.8) is 0 Å². The monoisotopic (exact) mass is 294 g/mol. The largest absolute Gasteiger partial charge is 0.390 e. The SMILES string of the molecule is CC(C)CCN/C=C(/C#N)C(=O)NCCN1CCOCC1. The smallest absolute Gasteiger partial charge is 0.263 e. The maximum Gasteiger partial charge on any atom is 0.263 e. The Labute approximate surface area is 127 Å². The second-order valence-corrected chi connectivity index (χ2v) is 5.52. The second-order valence-electron chi connectivity index (χ2n) is 5.52. The Morgan fingerprint density at radius 1 is 1.38 bits per heavy atom. The maximum absolute atomic E-state index is 11.9. The van der Waals surface area contributed by atoms with Gasteiger partial charge in [0.25, 0.3) is 5.91 Å². The summed E-state index contributed by atoms with van der Waals surface area (Å²) >= 11 is 0. The van der Waals surface area contributed by atoms with E-state index in [0.29, 0.717) is 12.5 Å². The van der Waals surface area contributed by atoms with Gasteiger partial charge < -0.3 is 15.4 Å². The molecule has 0 aromatic rings. The minimum atomic E-state index is -0.317. The number of hydrogen-bond acceptors (Lipinski definition) is 5. The lowest BCUT2D eigenvalue weighted by Crippen LogP contribution is -2.41. The van der Waals surface area contributed by atoms with Crippen molar-refractivity contribution in [1.82, 2.24) is 15.5 Å². The van der Waals surface area contributed by atoms with Gasteiger partial charge in [0.2, 0.25) is 0 Å². The molecule has 1 amide bonds. The molecule has 0 aromatic heterocycles. The summed E-state index contributed by atoms with van der Waals surface area (Å²) < 4.78 is 5.26. The fourth-order valence-corrected chi connectivity index (χ4v) is 1.94. The quantitative estimate of drug-likeness (QED) is 0.387. The normalized spacial score (nSPS) is 16.6. The van der Waals surface area contributed by atoms with Crippen molar-refractivity contribution in [2.45, 2.75) is 20.3 Å². The van der Waals surface area contributed by atoms with Crippen molar-refractivity contribution < 1.29 is 9.53 Å². The predicted molar refractivity (Wildman–Crippen MR) is 81.4 cm³/mol. The van der Waals surface area contributed by atoms with Gasteiger partial charge in [-0.05, 0) is 12.3 Å². The molecular formula is C15H26N4O2. The van der Waals surface area contributed by atoms with Gasteiger partial charge >= 0.3 is 0 Å². The van der Waals surface area contributed by atoms with Crippen LogP contribution in [0.2, 0.25) is 0 Å². The molecule has 0 spiro atoms. The Morgan fingerprint density at radius 3 is 2.71 bits per heavy atom. The summed E-state index contributed by atoms with van der Waals surface area (Å²) in [6.45, 7) is 9.65. The molecule has 6 heteroatoms. The van der Waals surface area contributed by atoms with Crippen molar-refractivity contribution in [3.8, 4) is 6.07 Å². The van der Waals surface area contributed by atoms with E-state index in [-0.39, 0.29) is 11.5 Å². The number of ether oxygens (including phenoxy) is 1. The van der Waals surface area contributed by atoms with Gasteiger partial charge in [-0.25, -0.2) is 0 Å². The van der Waals surface area contributed by atoms with Gasteiger partial charge in [0, 0.05) is 38.9 Å². The summed E-state index contributed by atoms with van der Waals surface area (Å²) in [5.41, 5.74) is 0.126. The lowest BCUT2D eigenvalue weighted by molar-refractivity contribution is -0.117. The molecule has 0 bridgehead atoms. The van der Waals surface area contributed by atoms with Gasteiger partial charge in [-0.1, -0.05) is 13.8 Å². The molecule has 0 aliphatic carbocycles. The van der Waals surface area contributed by atoms with Crippen LogP contribution in [0.3, 0.4) is 0 Å². The molecule has 0 aromatic carbocycles. The highest BCUT2D eigenvalue weighted by atomic mass is 16.5. The molecule has 0 radical (unpaired) electrons. The molecular weight excluding hydrogens is 268 g/mol. The van der Waals surface area contributed by atoms with Crippen LogP contribution in [0.15, 0.2) is 11.8 Å². The molecule has 1 aliphatic heterocycles. The van der Waals surface area contributed by atoms with Crippen LogP contribution in [0.4, 0.5) is 0 Å². The van der Waals surface area contributed by atoms with Gasteiger partial charge in [-0.15, -0.1) is 0 Å². The molecule has 6 nitrogen and oxygen atoms in total. The molecule has 21 heavy (non-hydrogen) atoms. The molecule has 118 valence electrons. The first-order valence-electron chi connectivity index (χ1n) is 7.55. The van der Waals surface area contributed by atoms with E-state index in [9.17, 15) is 4.79 Å². The number of carbonyl (C=O) groups excluding carboxylic acids is 1. The van der Waals surface area contributed by atoms with Crippen LogP contribution in [0.1, 0.15) is 20.3 Å². The highest BCUT2D eigenvalue weighted by Gasteiger charge is 2.12. The first kappa shape index (κ1) is 17.5. The average molecular weight is 294 g/mol. The Hall–Kier alpha value is -1.58. The highest BCUT2D eigenvalue weighted by Crippen LogP contribution is 1.98. The topological polar surface area (TPSA) is 77.4 Å². The molecule has 0 saturated carbocycles. The van der Waals surface area contributed by atoms with E-state index >= 15 is 0 Å².